The monoisotopic (exact) mass is 247 g/mol. The largest absolute Gasteiger partial charge is 0.353 e. The summed E-state index contributed by atoms with van der Waals surface area (Å²) in [4.78, 5) is 11.6. The average molecular weight is 247 g/mol. The van der Waals surface area contributed by atoms with Gasteiger partial charge < -0.3 is 10.3 Å². The maximum Gasteiger partial charge on any atom is 0.148 e. The number of hydrazine groups is 1. The Bertz CT molecular complexity index is 459. The predicted molar refractivity (Wildman–Crippen MR) is 72.4 cm³/mol. The Hall–Kier alpha value is -1.36. The van der Waals surface area contributed by atoms with E-state index in [1.54, 1.807) is 0 Å². The van der Waals surface area contributed by atoms with E-state index in [0.29, 0.717) is 6.04 Å². The fraction of sp³-hybridized carbons (Fsp3) is 0.692. The molecule has 2 heterocycles. The second kappa shape index (κ2) is 4.39. The van der Waals surface area contributed by atoms with Gasteiger partial charge in [0.2, 0.25) is 0 Å². The van der Waals surface area contributed by atoms with Crippen LogP contribution in [-0.2, 0) is 6.42 Å². The van der Waals surface area contributed by atoms with Gasteiger partial charge in [-0.15, -0.1) is 0 Å². The maximum atomic E-state index is 5.56. The normalized spacial score (nSPS) is 25.8. The van der Waals surface area contributed by atoms with Crippen molar-refractivity contribution >= 4 is 11.6 Å². The van der Waals surface area contributed by atoms with Crippen molar-refractivity contribution in [1.82, 2.24) is 9.97 Å². The number of piperidine rings is 1. The number of nitrogens with one attached hydrogen (secondary N) is 1. The number of hydrogen-bond acceptors (Lipinski definition) is 5. The van der Waals surface area contributed by atoms with Crippen molar-refractivity contribution in [3.63, 3.8) is 0 Å². The molecule has 1 aromatic heterocycles. The lowest BCUT2D eigenvalue weighted by molar-refractivity contribution is 0.549. The summed E-state index contributed by atoms with van der Waals surface area (Å²) in [7, 11) is 0. The molecule has 3 N–H and O–H groups in total. The zero-order valence-corrected chi connectivity index (χ0v) is 11.1. The molecule has 1 saturated carbocycles. The first kappa shape index (κ1) is 11.7. The van der Waals surface area contributed by atoms with E-state index in [-0.39, 0.29) is 0 Å². The molecule has 2 bridgehead atoms. The van der Waals surface area contributed by atoms with Crippen LogP contribution in [0.25, 0.3) is 0 Å². The summed E-state index contributed by atoms with van der Waals surface area (Å²) in [6, 6.07) is 0.680. The fourth-order valence-electron chi connectivity index (χ4n) is 3.31. The molecule has 2 atom stereocenters. The van der Waals surface area contributed by atoms with E-state index in [9.17, 15) is 0 Å². The molecule has 1 saturated heterocycles. The first-order valence-corrected chi connectivity index (χ1v) is 6.83. The van der Waals surface area contributed by atoms with E-state index in [0.717, 1.165) is 41.9 Å². The molecule has 5 nitrogen and oxygen atoms in total. The maximum absolute atomic E-state index is 5.56. The van der Waals surface area contributed by atoms with Crippen molar-refractivity contribution in [3.05, 3.63) is 11.4 Å². The molecular formula is C13H21N5. The van der Waals surface area contributed by atoms with E-state index in [4.69, 9.17) is 10.8 Å². The van der Waals surface area contributed by atoms with Crippen LogP contribution in [0.5, 0.6) is 0 Å². The molecule has 2 aliphatic rings. The van der Waals surface area contributed by atoms with E-state index in [2.05, 4.69) is 29.2 Å². The van der Waals surface area contributed by atoms with Gasteiger partial charge in [0.25, 0.3) is 0 Å². The molecule has 3 rings (SSSR count). The van der Waals surface area contributed by atoms with Crippen LogP contribution < -0.4 is 16.2 Å². The molecule has 2 fully saturated rings. The number of fused-ring (bicyclic) bond motifs is 2. The summed E-state index contributed by atoms with van der Waals surface area (Å²) in [6.45, 7) is 5.27. The van der Waals surface area contributed by atoms with Crippen LogP contribution in [0.1, 0.15) is 37.6 Å². The van der Waals surface area contributed by atoms with Gasteiger partial charge in [-0.2, -0.15) is 0 Å². The lowest BCUT2D eigenvalue weighted by Gasteiger charge is -2.30. The number of rotatable bonds is 3. The Labute approximate surface area is 108 Å². The molecule has 1 aliphatic heterocycles. The zero-order valence-electron chi connectivity index (χ0n) is 11.1. The van der Waals surface area contributed by atoms with Gasteiger partial charge >= 0.3 is 0 Å². The Morgan fingerprint density at radius 3 is 2.78 bits per heavy atom. The smallest absolute Gasteiger partial charge is 0.148 e. The predicted octanol–water partition coefficient (Wildman–Crippen LogP) is 1.62. The molecule has 1 aliphatic carbocycles. The summed E-state index contributed by atoms with van der Waals surface area (Å²) in [5.41, 5.74) is 3.77. The zero-order chi connectivity index (χ0) is 12.7. The third-order valence-corrected chi connectivity index (χ3v) is 4.30. The molecular weight excluding hydrogens is 226 g/mol. The summed E-state index contributed by atoms with van der Waals surface area (Å²) in [5, 5.41) is 0. The quantitative estimate of drug-likeness (QED) is 0.627. The average Bonchev–Trinajstić information content (AvgIpc) is 3.01. The number of aryl methyl sites for hydroxylation is 1. The van der Waals surface area contributed by atoms with Crippen molar-refractivity contribution in [2.75, 3.05) is 16.9 Å². The summed E-state index contributed by atoms with van der Waals surface area (Å²) < 4.78 is 0. The van der Waals surface area contributed by atoms with Crippen molar-refractivity contribution in [2.45, 2.75) is 45.6 Å². The molecule has 0 aromatic carbocycles. The standard InChI is InChI=1S/C13H21N5/c1-3-11-15-12(17-14)8(2)13(16-11)18-7-9-4-5-10(18)6-9/h9-10H,3-7,14H2,1-2H3,(H,15,16,17). The third-order valence-electron chi connectivity index (χ3n) is 4.30. The summed E-state index contributed by atoms with van der Waals surface area (Å²) in [6.07, 6.45) is 4.86. The molecule has 0 radical (unpaired) electrons. The molecule has 98 valence electrons. The lowest BCUT2D eigenvalue weighted by atomic mass is 10.1. The minimum absolute atomic E-state index is 0.680. The van der Waals surface area contributed by atoms with E-state index < -0.39 is 0 Å². The SMILES string of the molecule is CCc1nc(NN)c(C)c(N2CC3CCC2C3)n1. The number of nitrogen functional groups attached to an aromatic ring is 1. The van der Waals surface area contributed by atoms with Crippen molar-refractivity contribution < 1.29 is 0 Å². The van der Waals surface area contributed by atoms with Crippen LogP contribution in [0.4, 0.5) is 11.6 Å². The highest BCUT2D eigenvalue weighted by atomic mass is 15.3. The number of nitrogens with two attached hydrogens (primary N) is 1. The van der Waals surface area contributed by atoms with Gasteiger partial charge in [-0.3, -0.25) is 0 Å². The topological polar surface area (TPSA) is 67.1 Å². The molecule has 0 spiro atoms. The van der Waals surface area contributed by atoms with Gasteiger partial charge in [-0.1, -0.05) is 6.92 Å². The summed E-state index contributed by atoms with van der Waals surface area (Å²) >= 11 is 0. The molecule has 1 aromatic rings. The summed E-state index contributed by atoms with van der Waals surface area (Å²) in [5.74, 6) is 9.14. The van der Waals surface area contributed by atoms with Crippen LogP contribution in [0, 0.1) is 12.8 Å². The van der Waals surface area contributed by atoms with E-state index in [1.165, 1.54) is 19.3 Å². The van der Waals surface area contributed by atoms with Crippen LogP contribution in [0.2, 0.25) is 0 Å². The minimum atomic E-state index is 0.680. The van der Waals surface area contributed by atoms with Crippen molar-refractivity contribution in [2.24, 2.45) is 11.8 Å². The number of aromatic nitrogens is 2. The van der Waals surface area contributed by atoms with E-state index in [1.807, 2.05) is 0 Å². The Morgan fingerprint density at radius 1 is 1.39 bits per heavy atom. The highest BCUT2D eigenvalue weighted by Crippen LogP contribution is 2.41. The number of nitrogens with zero attached hydrogens (tertiary/aromatic N) is 3. The van der Waals surface area contributed by atoms with Crippen LogP contribution in [0.15, 0.2) is 0 Å². The number of anilines is 2. The van der Waals surface area contributed by atoms with Gasteiger partial charge in [0, 0.05) is 24.6 Å². The molecule has 5 heteroatoms. The van der Waals surface area contributed by atoms with Crippen LogP contribution in [0.3, 0.4) is 0 Å². The first-order valence-electron chi connectivity index (χ1n) is 6.83. The molecule has 18 heavy (non-hydrogen) atoms. The third kappa shape index (κ3) is 1.73. The fourth-order valence-corrected chi connectivity index (χ4v) is 3.31. The van der Waals surface area contributed by atoms with Crippen LogP contribution >= 0.6 is 0 Å². The molecule has 0 amide bonds. The van der Waals surface area contributed by atoms with Crippen molar-refractivity contribution in [3.8, 4) is 0 Å². The van der Waals surface area contributed by atoms with Gasteiger partial charge in [0.05, 0.1) is 0 Å². The first-order chi connectivity index (χ1) is 8.72. The Morgan fingerprint density at radius 2 is 2.22 bits per heavy atom. The van der Waals surface area contributed by atoms with Crippen LogP contribution in [-0.4, -0.2) is 22.6 Å². The lowest BCUT2D eigenvalue weighted by Crippen LogP contribution is -2.34. The van der Waals surface area contributed by atoms with Gasteiger partial charge in [-0.25, -0.2) is 15.8 Å². The Kier molecular flexibility index (Phi) is 2.86. The number of hydrogen-bond donors (Lipinski definition) is 2. The minimum Gasteiger partial charge on any atom is -0.353 e. The van der Waals surface area contributed by atoms with E-state index >= 15 is 0 Å². The second-order valence-corrected chi connectivity index (χ2v) is 5.42. The highest BCUT2D eigenvalue weighted by molar-refractivity contribution is 5.59. The van der Waals surface area contributed by atoms with Crippen molar-refractivity contribution in [1.29, 1.82) is 0 Å². The van der Waals surface area contributed by atoms with Gasteiger partial charge in [0.15, 0.2) is 0 Å². The highest BCUT2D eigenvalue weighted by Gasteiger charge is 2.39. The van der Waals surface area contributed by atoms with Gasteiger partial charge in [0.1, 0.15) is 17.5 Å². The Balaban J connectivity index is 2.00. The second-order valence-electron chi connectivity index (χ2n) is 5.42. The molecule has 2 unspecified atom stereocenters. The van der Waals surface area contributed by atoms with Gasteiger partial charge in [-0.05, 0) is 32.1 Å².